The van der Waals surface area contributed by atoms with Gasteiger partial charge in [0.1, 0.15) is 24.2 Å². The lowest BCUT2D eigenvalue weighted by Gasteiger charge is -2.24. The number of carbonyl (C=O) groups is 6. The number of hydrogen-bond acceptors (Lipinski definition) is 9. The molecule has 0 bridgehead atoms. The normalized spacial score (nSPS) is 15.2. The molecular weight excluding hydrogens is 566 g/mol. The highest BCUT2D eigenvalue weighted by atomic mass is 16.4. The van der Waals surface area contributed by atoms with E-state index in [4.69, 9.17) is 16.9 Å². The number of rotatable bonds is 19. The van der Waals surface area contributed by atoms with Crippen LogP contribution in [0.2, 0.25) is 0 Å². The fourth-order valence-corrected chi connectivity index (χ4v) is 3.65. The standard InChI is InChI=1S/C26H49N9O8/c1-12(2)10-17(25(42)43)34-21(38)14(5)32-22(39)16(8-7-9-30-26(28)29)33-18(37)11-31-24(41)20(15(6)36)35-23(40)19(27)13(3)4/h12-17,19-20,36H,7-11,27H2,1-6H3,(H,31,41)(H,32,39)(H,33,37)(H,34,38)(H,35,40)(H,42,43)(H4,28,29,30)/t14-,15+,16-,17-,19-,20-/m0/s1. The Morgan fingerprint density at radius 2 is 1.40 bits per heavy atom. The van der Waals surface area contributed by atoms with Gasteiger partial charge in [-0.3, -0.25) is 29.4 Å². The van der Waals surface area contributed by atoms with E-state index >= 15 is 0 Å². The Hall–Kier alpha value is -3.99. The van der Waals surface area contributed by atoms with E-state index < -0.39 is 78.4 Å². The molecule has 43 heavy (non-hydrogen) atoms. The van der Waals surface area contributed by atoms with Crippen LogP contribution < -0.4 is 43.4 Å². The molecule has 6 atom stereocenters. The van der Waals surface area contributed by atoms with E-state index in [0.717, 1.165) is 0 Å². The summed E-state index contributed by atoms with van der Waals surface area (Å²) in [5.74, 6) is -5.55. The summed E-state index contributed by atoms with van der Waals surface area (Å²) in [7, 11) is 0. The maximum absolute atomic E-state index is 13.0. The van der Waals surface area contributed by atoms with Crippen LogP contribution in [0.5, 0.6) is 0 Å². The second kappa shape index (κ2) is 19.2. The van der Waals surface area contributed by atoms with Crippen molar-refractivity contribution in [3.8, 4) is 0 Å². The fraction of sp³-hybridized carbons (Fsp3) is 0.731. The van der Waals surface area contributed by atoms with Crippen LogP contribution in [0.25, 0.3) is 0 Å². The molecule has 0 aromatic carbocycles. The predicted molar refractivity (Wildman–Crippen MR) is 157 cm³/mol. The first kappa shape index (κ1) is 39.0. The molecule has 0 aliphatic heterocycles. The number of carboxylic acid groups (broad SMARTS) is 1. The van der Waals surface area contributed by atoms with Crippen molar-refractivity contribution < 1.29 is 39.0 Å². The molecule has 0 aliphatic carbocycles. The number of aliphatic hydroxyl groups is 1. The van der Waals surface area contributed by atoms with Crippen molar-refractivity contribution in [2.45, 2.75) is 97.1 Å². The average Bonchev–Trinajstić information content (AvgIpc) is 2.89. The molecule has 0 aromatic heterocycles. The van der Waals surface area contributed by atoms with Gasteiger partial charge < -0.3 is 53.6 Å². The van der Waals surface area contributed by atoms with E-state index in [1.54, 1.807) is 27.7 Å². The van der Waals surface area contributed by atoms with E-state index in [1.807, 2.05) is 0 Å². The molecule has 0 heterocycles. The minimum Gasteiger partial charge on any atom is -0.480 e. The molecule has 0 fully saturated rings. The SMILES string of the molecule is CC(C)C[C@H](NC(=O)[C@H](C)NC(=O)[C@H](CCCNC(=N)N)NC(=O)CNC(=O)[C@@H](NC(=O)[C@@H](N)C(C)C)[C@@H](C)O)C(=O)O. The van der Waals surface area contributed by atoms with Crippen molar-refractivity contribution in [3.63, 3.8) is 0 Å². The third kappa shape index (κ3) is 15.7. The van der Waals surface area contributed by atoms with Crippen LogP contribution >= 0.6 is 0 Å². The number of nitrogens with two attached hydrogens (primary N) is 2. The van der Waals surface area contributed by atoms with Gasteiger partial charge in [-0.15, -0.1) is 0 Å². The van der Waals surface area contributed by atoms with Gasteiger partial charge in [0.25, 0.3) is 0 Å². The molecule has 0 aromatic rings. The fourth-order valence-electron chi connectivity index (χ4n) is 3.65. The van der Waals surface area contributed by atoms with Gasteiger partial charge in [-0.1, -0.05) is 27.7 Å². The monoisotopic (exact) mass is 615 g/mol. The first-order chi connectivity index (χ1) is 19.9. The van der Waals surface area contributed by atoms with Crippen molar-refractivity contribution in [1.29, 1.82) is 5.41 Å². The average molecular weight is 616 g/mol. The molecule has 0 aliphatic rings. The second-order valence-corrected chi connectivity index (χ2v) is 11.1. The van der Waals surface area contributed by atoms with Crippen molar-refractivity contribution in [2.75, 3.05) is 13.1 Å². The highest BCUT2D eigenvalue weighted by Gasteiger charge is 2.30. The van der Waals surface area contributed by atoms with Crippen LogP contribution in [0.3, 0.4) is 0 Å². The molecule has 0 rings (SSSR count). The summed E-state index contributed by atoms with van der Waals surface area (Å²) >= 11 is 0. The highest BCUT2D eigenvalue weighted by Crippen LogP contribution is 2.06. The van der Waals surface area contributed by atoms with Gasteiger partial charge in [-0.05, 0) is 44.9 Å². The molecule has 0 spiro atoms. The van der Waals surface area contributed by atoms with Crippen molar-refractivity contribution >= 4 is 41.5 Å². The van der Waals surface area contributed by atoms with Gasteiger partial charge in [-0.2, -0.15) is 0 Å². The minimum absolute atomic E-state index is 0.0141. The maximum atomic E-state index is 13.0. The largest absolute Gasteiger partial charge is 0.480 e. The van der Waals surface area contributed by atoms with E-state index in [-0.39, 0.29) is 43.6 Å². The Kier molecular flexibility index (Phi) is 17.5. The molecule has 5 amide bonds. The van der Waals surface area contributed by atoms with Crippen LogP contribution in [0, 0.1) is 17.2 Å². The number of amides is 5. The van der Waals surface area contributed by atoms with Crippen LogP contribution in [-0.4, -0.2) is 101 Å². The zero-order valence-electron chi connectivity index (χ0n) is 25.7. The predicted octanol–water partition coefficient (Wildman–Crippen LogP) is -3.18. The summed E-state index contributed by atoms with van der Waals surface area (Å²) in [6.45, 7) is 9.23. The van der Waals surface area contributed by atoms with Crippen LogP contribution in [0.4, 0.5) is 0 Å². The molecule has 17 nitrogen and oxygen atoms in total. The molecule has 0 radical (unpaired) electrons. The third-order valence-corrected chi connectivity index (χ3v) is 6.22. The van der Waals surface area contributed by atoms with Gasteiger partial charge in [-0.25, -0.2) is 4.79 Å². The molecular formula is C26H49N9O8. The quantitative estimate of drug-likeness (QED) is 0.0391. The van der Waals surface area contributed by atoms with Gasteiger partial charge in [0.15, 0.2) is 5.96 Å². The van der Waals surface area contributed by atoms with Crippen LogP contribution in [0.15, 0.2) is 0 Å². The molecule has 246 valence electrons. The van der Waals surface area contributed by atoms with Crippen LogP contribution in [0.1, 0.15) is 60.8 Å². The summed E-state index contributed by atoms with van der Waals surface area (Å²) < 4.78 is 0. The smallest absolute Gasteiger partial charge is 0.326 e. The maximum Gasteiger partial charge on any atom is 0.326 e. The van der Waals surface area contributed by atoms with Gasteiger partial charge in [0.2, 0.25) is 29.5 Å². The first-order valence-electron chi connectivity index (χ1n) is 14.1. The summed E-state index contributed by atoms with van der Waals surface area (Å²) in [4.78, 5) is 74.6. The Morgan fingerprint density at radius 1 is 0.791 bits per heavy atom. The molecule has 13 N–H and O–H groups in total. The lowest BCUT2D eigenvalue weighted by molar-refractivity contribution is -0.142. The second-order valence-electron chi connectivity index (χ2n) is 11.1. The highest BCUT2D eigenvalue weighted by molar-refractivity contribution is 5.95. The first-order valence-corrected chi connectivity index (χ1v) is 14.1. The Labute approximate surface area is 251 Å². The minimum atomic E-state index is -1.40. The summed E-state index contributed by atoms with van der Waals surface area (Å²) in [6.07, 6.45) is -0.816. The molecule has 0 saturated heterocycles. The van der Waals surface area contributed by atoms with E-state index in [1.165, 1.54) is 13.8 Å². The summed E-state index contributed by atoms with van der Waals surface area (Å²) in [5.41, 5.74) is 11.0. The molecule has 0 saturated carbocycles. The number of carboxylic acids is 1. The third-order valence-electron chi connectivity index (χ3n) is 6.22. The zero-order chi connectivity index (χ0) is 33.4. The van der Waals surface area contributed by atoms with Gasteiger partial charge in [0, 0.05) is 6.54 Å². The number of hydrogen-bond donors (Lipinski definition) is 11. The molecule has 17 heteroatoms. The van der Waals surface area contributed by atoms with Crippen molar-refractivity contribution in [1.82, 2.24) is 31.9 Å². The van der Waals surface area contributed by atoms with Crippen molar-refractivity contribution in [3.05, 3.63) is 0 Å². The van der Waals surface area contributed by atoms with Crippen LogP contribution in [-0.2, 0) is 28.8 Å². The van der Waals surface area contributed by atoms with E-state index in [0.29, 0.717) is 0 Å². The Bertz CT molecular complexity index is 990. The Morgan fingerprint density at radius 3 is 1.88 bits per heavy atom. The molecule has 0 unspecified atom stereocenters. The number of aliphatic carboxylic acids is 1. The van der Waals surface area contributed by atoms with Gasteiger partial charge >= 0.3 is 5.97 Å². The van der Waals surface area contributed by atoms with Gasteiger partial charge in [0.05, 0.1) is 18.7 Å². The summed E-state index contributed by atoms with van der Waals surface area (Å²) in [5, 5.41) is 41.1. The lowest BCUT2D eigenvalue weighted by Crippen LogP contribution is -2.58. The zero-order valence-corrected chi connectivity index (χ0v) is 25.7. The Balaban J connectivity index is 5.39. The number of carbonyl (C=O) groups excluding carboxylic acids is 5. The topological polar surface area (TPSA) is 291 Å². The number of guanidine groups is 1. The lowest BCUT2D eigenvalue weighted by atomic mass is 10.0. The number of nitrogens with one attached hydrogen (secondary N) is 7. The van der Waals surface area contributed by atoms with E-state index in [9.17, 15) is 39.0 Å². The van der Waals surface area contributed by atoms with Crippen molar-refractivity contribution in [2.24, 2.45) is 23.3 Å². The van der Waals surface area contributed by atoms with E-state index in [2.05, 4.69) is 31.9 Å². The number of aliphatic hydroxyl groups excluding tert-OH is 1. The summed E-state index contributed by atoms with van der Waals surface area (Å²) in [6, 6.07) is -5.81.